The molecule has 1 fully saturated rings. The predicted molar refractivity (Wildman–Crippen MR) is 91.3 cm³/mol. The summed E-state index contributed by atoms with van der Waals surface area (Å²) < 4.78 is 9.31. The van der Waals surface area contributed by atoms with Crippen LogP contribution in [0.25, 0.3) is 0 Å². The molecule has 0 spiro atoms. The lowest BCUT2D eigenvalue weighted by molar-refractivity contribution is -0.170. The van der Waals surface area contributed by atoms with E-state index >= 15 is 0 Å². The van der Waals surface area contributed by atoms with Crippen molar-refractivity contribution in [3.63, 3.8) is 0 Å². The number of aliphatic hydroxyl groups excluding tert-OH is 3. The highest BCUT2D eigenvalue weighted by Gasteiger charge is 2.44. The number of esters is 1. The predicted octanol–water partition coefficient (Wildman–Crippen LogP) is -1.39. The molecule has 0 bridgehead atoms. The minimum Gasteiger partial charge on any atom is -0.454 e. The van der Waals surface area contributed by atoms with Crippen LogP contribution in [0, 0.1) is 0 Å². The third-order valence-corrected chi connectivity index (χ3v) is 3.54. The van der Waals surface area contributed by atoms with E-state index < -0.39 is 54.9 Å². The van der Waals surface area contributed by atoms with Crippen molar-refractivity contribution in [1.82, 2.24) is 9.88 Å². The molecule has 0 radical (unpaired) electrons. The summed E-state index contributed by atoms with van der Waals surface area (Å²) in [5.41, 5.74) is 0.211. The maximum atomic E-state index is 11.7. The standard InChI is InChI=1S/C10H10N2O3.C7H12O6/c1-7(13)12(8(2)14)10(15)9-4-3-5-11-6-9;1-3(9)12-6-5(10)4(2-8)13-7(6)11/h3-6H,1-2H3;4-8,10-11H,2H2,1H3/t;4-,5-,6-,7?/m.1/s1. The number of pyridine rings is 1. The molecule has 1 aliphatic rings. The number of nitrogens with zero attached hydrogens (tertiary/aromatic N) is 2. The van der Waals surface area contributed by atoms with Gasteiger partial charge in [-0.2, -0.15) is 0 Å². The molecule has 1 unspecified atom stereocenters. The van der Waals surface area contributed by atoms with E-state index in [1.807, 2.05) is 0 Å². The van der Waals surface area contributed by atoms with E-state index in [1.54, 1.807) is 6.07 Å². The lowest BCUT2D eigenvalue weighted by Crippen LogP contribution is -2.38. The Labute approximate surface area is 160 Å². The number of carbonyl (C=O) groups excluding carboxylic acids is 4. The molecule has 28 heavy (non-hydrogen) atoms. The van der Waals surface area contributed by atoms with Crippen LogP contribution in [-0.4, -0.2) is 80.1 Å². The second kappa shape index (κ2) is 10.6. The summed E-state index contributed by atoms with van der Waals surface area (Å²) in [5, 5.41) is 27.2. The molecular weight excluding hydrogens is 376 g/mol. The summed E-state index contributed by atoms with van der Waals surface area (Å²) in [6.45, 7) is 3.05. The van der Waals surface area contributed by atoms with Gasteiger partial charge in [0.25, 0.3) is 5.91 Å². The molecule has 3 amide bonds. The van der Waals surface area contributed by atoms with E-state index in [0.717, 1.165) is 20.8 Å². The van der Waals surface area contributed by atoms with Gasteiger partial charge < -0.3 is 24.8 Å². The monoisotopic (exact) mass is 398 g/mol. The van der Waals surface area contributed by atoms with Crippen LogP contribution < -0.4 is 0 Å². The van der Waals surface area contributed by atoms with Crippen molar-refractivity contribution in [1.29, 1.82) is 0 Å². The first kappa shape index (κ1) is 23.3. The lowest BCUT2D eigenvalue weighted by Gasteiger charge is -2.16. The van der Waals surface area contributed by atoms with Crippen molar-refractivity contribution in [2.24, 2.45) is 0 Å². The number of carbonyl (C=O) groups is 4. The highest BCUT2D eigenvalue weighted by atomic mass is 16.7. The van der Waals surface area contributed by atoms with Crippen molar-refractivity contribution >= 4 is 23.7 Å². The molecule has 11 heteroatoms. The van der Waals surface area contributed by atoms with Crippen LogP contribution in [0.1, 0.15) is 31.1 Å². The van der Waals surface area contributed by atoms with E-state index in [9.17, 15) is 24.3 Å². The van der Waals surface area contributed by atoms with Gasteiger partial charge in [0.15, 0.2) is 12.4 Å². The van der Waals surface area contributed by atoms with E-state index in [4.69, 9.17) is 14.9 Å². The molecule has 0 aliphatic carbocycles. The number of amides is 3. The summed E-state index contributed by atoms with van der Waals surface area (Å²) in [4.78, 5) is 48.6. The number of hydrogen-bond donors (Lipinski definition) is 3. The largest absolute Gasteiger partial charge is 0.454 e. The zero-order chi connectivity index (χ0) is 21.4. The Bertz CT molecular complexity index is 696. The Morgan fingerprint density at radius 3 is 2.18 bits per heavy atom. The zero-order valence-corrected chi connectivity index (χ0v) is 15.5. The number of rotatable bonds is 3. The van der Waals surface area contributed by atoms with Crippen LogP contribution in [0.3, 0.4) is 0 Å². The first-order chi connectivity index (χ1) is 13.1. The summed E-state index contributed by atoms with van der Waals surface area (Å²) in [7, 11) is 0. The van der Waals surface area contributed by atoms with Crippen molar-refractivity contribution in [2.45, 2.75) is 45.4 Å². The molecule has 1 aliphatic heterocycles. The second-order valence-electron chi connectivity index (χ2n) is 5.73. The Morgan fingerprint density at radius 2 is 1.79 bits per heavy atom. The van der Waals surface area contributed by atoms with E-state index in [0.29, 0.717) is 4.90 Å². The van der Waals surface area contributed by atoms with Crippen molar-refractivity contribution < 1.29 is 44.0 Å². The molecule has 2 rings (SSSR count). The number of ether oxygens (including phenoxy) is 2. The molecule has 1 saturated heterocycles. The topological polar surface area (TPSA) is 164 Å². The molecule has 1 aromatic heterocycles. The van der Waals surface area contributed by atoms with Gasteiger partial charge in [-0.1, -0.05) is 0 Å². The second-order valence-corrected chi connectivity index (χ2v) is 5.73. The molecule has 0 aromatic carbocycles. The smallest absolute Gasteiger partial charge is 0.303 e. The fraction of sp³-hybridized carbons (Fsp3) is 0.471. The maximum Gasteiger partial charge on any atom is 0.303 e. The van der Waals surface area contributed by atoms with Crippen LogP contribution in [0.5, 0.6) is 0 Å². The third kappa shape index (κ3) is 6.16. The molecule has 11 nitrogen and oxygen atoms in total. The van der Waals surface area contributed by atoms with Gasteiger partial charge in [0.05, 0.1) is 12.2 Å². The van der Waals surface area contributed by atoms with Crippen molar-refractivity contribution in [3.05, 3.63) is 30.1 Å². The van der Waals surface area contributed by atoms with Crippen LogP contribution in [0.4, 0.5) is 0 Å². The third-order valence-electron chi connectivity index (χ3n) is 3.54. The molecule has 0 saturated carbocycles. The fourth-order valence-electron chi connectivity index (χ4n) is 2.31. The summed E-state index contributed by atoms with van der Waals surface area (Å²) in [6, 6.07) is 3.06. The fourth-order valence-corrected chi connectivity index (χ4v) is 2.31. The first-order valence-corrected chi connectivity index (χ1v) is 8.15. The van der Waals surface area contributed by atoms with Gasteiger partial charge >= 0.3 is 5.97 Å². The molecule has 2 heterocycles. The van der Waals surface area contributed by atoms with E-state index in [1.165, 1.54) is 18.5 Å². The molecular formula is C17H22N2O9. The lowest BCUT2D eigenvalue weighted by atomic mass is 10.1. The summed E-state index contributed by atoms with van der Waals surface area (Å²) in [5.74, 6) is -2.47. The number of imide groups is 3. The van der Waals surface area contributed by atoms with Gasteiger partial charge in [-0.05, 0) is 12.1 Å². The average molecular weight is 398 g/mol. The minimum absolute atomic E-state index is 0.211. The summed E-state index contributed by atoms with van der Waals surface area (Å²) >= 11 is 0. The van der Waals surface area contributed by atoms with E-state index in [2.05, 4.69) is 9.72 Å². The quantitative estimate of drug-likeness (QED) is 0.516. The van der Waals surface area contributed by atoms with Crippen molar-refractivity contribution in [3.8, 4) is 0 Å². The van der Waals surface area contributed by atoms with Gasteiger partial charge in [-0.3, -0.25) is 24.2 Å². The Kier molecular flexibility index (Phi) is 8.79. The highest BCUT2D eigenvalue weighted by molar-refractivity contribution is 6.15. The molecule has 3 N–H and O–H groups in total. The van der Waals surface area contributed by atoms with Crippen LogP contribution in [0.15, 0.2) is 24.5 Å². The Balaban J connectivity index is 0.000000283. The molecule has 1 aromatic rings. The first-order valence-electron chi connectivity index (χ1n) is 8.15. The normalized spacial score (nSPS) is 23.2. The van der Waals surface area contributed by atoms with E-state index in [-0.39, 0.29) is 5.56 Å². The van der Waals surface area contributed by atoms with Crippen LogP contribution in [-0.2, 0) is 23.9 Å². The highest BCUT2D eigenvalue weighted by Crippen LogP contribution is 2.22. The van der Waals surface area contributed by atoms with Gasteiger partial charge in [0.2, 0.25) is 11.8 Å². The average Bonchev–Trinajstić information content (AvgIpc) is 2.89. The van der Waals surface area contributed by atoms with Crippen LogP contribution >= 0.6 is 0 Å². The SMILES string of the molecule is CC(=O)N(C(C)=O)C(=O)c1cccnc1.CC(=O)O[C@H]1C(O)O[C@H](CO)[C@H]1O. The van der Waals surface area contributed by atoms with Gasteiger partial charge in [-0.25, -0.2) is 4.90 Å². The Morgan fingerprint density at radius 1 is 1.18 bits per heavy atom. The van der Waals surface area contributed by atoms with Gasteiger partial charge in [0, 0.05) is 33.2 Å². The van der Waals surface area contributed by atoms with Gasteiger partial charge in [-0.15, -0.1) is 0 Å². The number of aromatic nitrogens is 1. The maximum absolute atomic E-state index is 11.7. The molecule has 154 valence electrons. The van der Waals surface area contributed by atoms with Crippen molar-refractivity contribution in [2.75, 3.05) is 6.61 Å². The Hall–Kier alpha value is -2.73. The minimum atomic E-state index is -1.38. The summed E-state index contributed by atoms with van der Waals surface area (Å²) in [6.07, 6.45) is -1.78. The number of aliphatic hydroxyl groups is 3. The molecule has 4 atom stereocenters. The van der Waals surface area contributed by atoms with Crippen LogP contribution in [0.2, 0.25) is 0 Å². The zero-order valence-electron chi connectivity index (χ0n) is 15.5. The number of hydrogen-bond acceptors (Lipinski definition) is 10. The van der Waals surface area contributed by atoms with Gasteiger partial charge in [0.1, 0.15) is 12.2 Å².